The molecule has 2 nitrogen and oxygen atoms in total. The largest absolute Gasteiger partial charge is 0.248 e. The van der Waals surface area contributed by atoms with Gasteiger partial charge < -0.3 is 0 Å². The van der Waals surface area contributed by atoms with Gasteiger partial charge in [0.25, 0.3) is 0 Å². The number of aliphatic imine (C=N–C) groups is 1. The average molecular weight is 605 g/mol. The zero-order valence-corrected chi connectivity index (χ0v) is 26.8. The summed E-state index contributed by atoms with van der Waals surface area (Å²) >= 11 is 0. The fraction of sp³-hybridized carbons (Fsp3) is 0.111. The molecular weight excluding hydrogens is 569 g/mol. The number of fused-ring (bicyclic) bond motifs is 2. The van der Waals surface area contributed by atoms with E-state index in [1.807, 2.05) is 0 Å². The molecule has 1 aliphatic heterocycles. The number of nitrogens with zero attached hydrogens (tertiary/aromatic N) is 2. The van der Waals surface area contributed by atoms with Crippen LogP contribution in [0.5, 0.6) is 0 Å². The van der Waals surface area contributed by atoms with E-state index >= 15 is 0 Å². The summed E-state index contributed by atoms with van der Waals surface area (Å²) in [6, 6.07) is 53.8. The second kappa shape index (κ2) is 11.6. The summed E-state index contributed by atoms with van der Waals surface area (Å²) in [5.41, 5.74) is 9.90. The molecule has 0 bridgehead atoms. The first-order chi connectivity index (χ1) is 23.1. The number of benzene rings is 5. The maximum absolute atomic E-state index is 5.81. The molecular formula is C45H36N2. The third kappa shape index (κ3) is 4.80. The highest BCUT2D eigenvalue weighted by Crippen LogP contribution is 2.54. The van der Waals surface area contributed by atoms with E-state index in [1.165, 1.54) is 16.7 Å². The lowest BCUT2D eigenvalue weighted by atomic mass is 9.58. The predicted octanol–water partition coefficient (Wildman–Crippen LogP) is 11.0. The van der Waals surface area contributed by atoms with E-state index in [-0.39, 0.29) is 5.41 Å². The Morgan fingerprint density at radius 1 is 0.617 bits per heavy atom. The van der Waals surface area contributed by atoms with Gasteiger partial charge in [-0.25, -0.2) is 9.98 Å². The van der Waals surface area contributed by atoms with E-state index in [0.717, 1.165) is 56.7 Å². The molecule has 1 aliphatic carbocycles. The Labute approximate surface area is 277 Å². The van der Waals surface area contributed by atoms with E-state index in [2.05, 4.69) is 184 Å². The van der Waals surface area contributed by atoms with Crippen LogP contribution in [0, 0.1) is 5.41 Å². The zero-order chi connectivity index (χ0) is 31.8. The van der Waals surface area contributed by atoms with Crippen LogP contribution < -0.4 is 0 Å². The minimum atomic E-state index is -0.656. The van der Waals surface area contributed by atoms with E-state index in [4.69, 9.17) is 9.98 Å². The van der Waals surface area contributed by atoms with Crippen molar-refractivity contribution in [1.29, 1.82) is 0 Å². The van der Waals surface area contributed by atoms with Crippen molar-refractivity contribution in [3.8, 4) is 11.3 Å². The molecule has 0 radical (unpaired) electrons. The Bertz CT molecular complexity index is 2170. The molecule has 0 saturated heterocycles. The molecule has 226 valence electrons. The van der Waals surface area contributed by atoms with Gasteiger partial charge >= 0.3 is 0 Å². The number of rotatable bonds is 6. The van der Waals surface area contributed by atoms with Crippen molar-refractivity contribution in [1.82, 2.24) is 4.98 Å². The van der Waals surface area contributed by atoms with Gasteiger partial charge in [0.15, 0.2) is 0 Å². The van der Waals surface area contributed by atoms with Crippen LogP contribution in [-0.2, 0) is 5.41 Å². The normalized spacial score (nSPS) is 18.4. The average Bonchev–Trinajstić information content (AvgIpc) is 3.15. The Morgan fingerprint density at radius 3 is 1.79 bits per heavy atom. The van der Waals surface area contributed by atoms with Crippen LogP contribution in [0.1, 0.15) is 42.7 Å². The third-order valence-electron chi connectivity index (χ3n) is 9.89. The molecule has 1 atom stereocenters. The molecule has 2 heterocycles. The number of allylic oxidation sites excluding steroid dienone is 5. The third-order valence-corrected chi connectivity index (χ3v) is 9.89. The van der Waals surface area contributed by atoms with Gasteiger partial charge in [-0.15, -0.1) is 0 Å². The molecule has 6 aromatic rings. The first kappa shape index (κ1) is 28.8. The van der Waals surface area contributed by atoms with Crippen molar-refractivity contribution in [2.75, 3.05) is 0 Å². The molecule has 2 aliphatic rings. The van der Waals surface area contributed by atoms with Gasteiger partial charge in [-0.1, -0.05) is 178 Å². The van der Waals surface area contributed by atoms with Crippen molar-refractivity contribution in [2.24, 2.45) is 10.4 Å². The minimum Gasteiger partial charge on any atom is -0.248 e. The molecule has 1 unspecified atom stereocenters. The summed E-state index contributed by atoms with van der Waals surface area (Å²) in [5.74, 6) is 0. The first-order valence-electron chi connectivity index (χ1n) is 16.5. The lowest BCUT2D eigenvalue weighted by Crippen LogP contribution is -2.44. The Hall–Kier alpha value is -5.60. The number of pyridine rings is 1. The summed E-state index contributed by atoms with van der Waals surface area (Å²) in [4.78, 5) is 11.3. The highest BCUT2D eigenvalue weighted by atomic mass is 14.9. The van der Waals surface area contributed by atoms with E-state index in [1.54, 1.807) is 0 Å². The fourth-order valence-electron chi connectivity index (χ4n) is 7.26. The van der Waals surface area contributed by atoms with Crippen molar-refractivity contribution in [2.45, 2.75) is 25.7 Å². The van der Waals surface area contributed by atoms with Gasteiger partial charge in [-0.3, -0.25) is 0 Å². The summed E-state index contributed by atoms with van der Waals surface area (Å²) in [6.45, 7) is 4.61. The molecule has 0 amide bonds. The van der Waals surface area contributed by atoms with E-state index < -0.39 is 5.41 Å². The van der Waals surface area contributed by atoms with Gasteiger partial charge in [0, 0.05) is 21.9 Å². The lowest BCUT2D eigenvalue weighted by Gasteiger charge is -2.45. The van der Waals surface area contributed by atoms with Crippen LogP contribution in [0.2, 0.25) is 0 Å². The van der Waals surface area contributed by atoms with Crippen LogP contribution in [0.15, 0.2) is 186 Å². The summed E-state index contributed by atoms with van der Waals surface area (Å²) in [6.07, 6.45) is 8.19. The zero-order valence-electron chi connectivity index (χ0n) is 26.8. The molecule has 0 spiro atoms. The van der Waals surface area contributed by atoms with Gasteiger partial charge in [0.1, 0.15) is 0 Å². The van der Waals surface area contributed by atoms with E-state index in [0.29, 0.717) is 0 Å². The lowest BCUT2D eigenvalue weighted by molar-refractivity contribution is 0.516. The standard InChI is InChI=1S/C45H36N2/c1-3-44(2)29-28-38-39(31-44)45(35-23-12-6-13-24-35,36-25-14-7-15-26-36)43(33-20-10-5-11-21-33)47-42(38)41-37-27-17-16-22-34(37)30-40(46-41)32-18-8-4-9-19-32/h4-31H,3H2,1-2H3. The monoisotopic (exact) mass is 604 g/mol. The second-order valence-corrected chi connectivity index (χ2v) is 12.8. The predicted molar refractivity (Wildman–Crippen MR) is 196 cm³/mol. The molecule has 8 rings (SSSR count). The maximum atomic E-state index is 5.81. The van der Waals surface area contributed by atoms with Gasteiger partial charge in [-0.2, -0.15) is 0 Å². The Balaban J connectivity index is 1.54. The Morgan fingerprint density at radius 2 is 1.17 bits per heavy atom. The van der Waals surface area contributed by atoms with Crippen LogP contribution in [-0.4, -0.2) is 10.7 Å². The van der Waals surface area contributed by atoms with Crippen molar-refractivity contribution in [3.63, 3.8) is 0 Å². The highest BCUT2D eigenvalue weighted by molar-refractivity contribution is 6.18. The topological polar surface area (TPSA) is 25.2 Å². The van der Waals surface area contributed by atoms with Crippen LogP contribution in [0.4, 0.5) is 0 Å². The fourth-order valence-corrected chi connectivity index (χ4v) is 7.26. The molecule has 1 aromatic heterocycles. The second-order valence-electron chi connectivity index (χ2n) is 12.8. The quantitative estimate of drug-likeness (QED) is 0.186. The molecule has 47 heavy (non-hydrogen) atoms. The summed E-state index contributed by atoms with van der Waals surface area (Å²) in [5, 5.41) is 2.24. The van der Waals surface area contributed by atoms with Gasteiger partial charge in [0.05, 0.1) is 28.2 Å². The van der Waals surface area contributed by atoms with Crippen molar-refractivity contribution < 1.29 is 0 Å². The number of hydrogen-bond donors (Lipinski definition) is 0. The highest BCUT2D eigenvalue weighted by Gasteiger charge is 2.49. The summed E-state index contributed by atoms with van der Waals surface area (Å²) in [7, 11) is 0. The van der Waals surface area contributed by atoms with Crippen LogP contribution in [0.25, 0.3) is 27.7 Å². The number of hydrogen-bond acceptors (Lipinski definition) is 2. The minimum absolute atomic E-state index is 0.126. The van der Waals surface area contributed by atoms with Gasteiger partial charge in [0.2, 0.25) is 0 Å². The molecule has 0 saturated carbocycles. The molecule has 5 aromatic carbocycles. The smallest absolute Gasteiger partial charge is 0.0978 e. The molecule has 2 heteroatoms. The maximum Gasteiger partial charge on any atom is 0.0978 e. The SMILES string of the molecule is CCC1(C)C=CC2=C(c3nc(-c4ccccc4)cc4ccccc34)N=C(c3ccccc3)C(c3ccccc3)(c3ccccc3)C2=C1. The van der Waals surface area contributed by atoms with Crippen LogP contribution >= 0.6 is 0 Å². The summed E-state index contributed by atoms with van der Waals surface area (Å²) < 4.78 is 0. The van der Waals surface area contributed by atoms with Crippen molar-refractivity contribution in [3.05, 3.63) is 203 Å². The molecule has 0 fully saturated rings. The Kier molecular flexibility index (Phi) is 7.14. The molecule has 0 N–H and O–H groups in total. The van der Waals surface area contributed by atoms with Gasteiger partial charge in [-0.05, 0) is 40.1 Å². The first-order valence-corrected chi connectivity index (χ1v) is 16.5. The van der Waals surface area contributed by atoms with Crippen molar-refractivity contribution >= 4 is 22.2 Å². The number of aromatic nitrogens is 1. The van der Waals surface area contributed by atoms with E-state index in [9.17, 15) is 0 Å². The van der Waals surface area contributed by atoms with Crippen LogP contribution in [0.3, 0.4) is 0 Å².